The molecular weight excluding hydrogens is 355 g/mol. The fourth-order valence-corrected chi connectivity index (χ4v) is 2.82. The van der Waals surface area contributed by atoms with Gasteiger partial charge in [0.15, 0.2) is 17.5 Å². The number of ether oxygens (including phenoxy) is 1. The van der Waals surface area contributed by atoms with E-state index in [2.05, 4.69) is 21.7 Å². The molecular formula is C22H25FN4O. The number of halogens is 1. The third-order valence-corrected chi connectivity index (χ3v) is 4.72. The summed E-state index contributed by atoms with van der Waals surface area (Å²) in [6.07, 6.45) is 2.35. The van der Waals surface area contributed by atoms with Crippen LogP contribution in [-0.2, 0) is 6.54 Å². The van der Waals surface area contributed by atoms with Gasteiger partial charge in [0.2, 0.25) is 0 Å². The first kappa shape index (κ1) is 19.7. The molecule has 2 aromatic rings. The van der Waals surface area contributed by atoms with Crippen LogP contribution in [0.25, 0.3) is 0 Å². The molecule has 0 radical (unpaired) electrons. The Balaban J connectivity index is 1.56. The minimum atomic E-state index is -0.344. The third kappa shape index (κ3) is 5.46. The van der Waals surface area contributed by atoms with E-state index in [-0.39, 0.29) is 11.9 Å². The number of hydrogen-bond acceptors (Lipinski definition) is 3. The smallest absolute Gasteiger partial charge is 0.191 e. The quantitative estimate of drug-likeness (QED) is 0.564. The molecule has 0 heterocycles. The number of aliphatic imine (C=N–C) groups is 1. The molecule has 0 bridgehead atoms. The van der Waals surface area contributed by atoms with Gasteiger partial charge in [-0.2, -0.15) is 5.26 Å². The van der Waals surface area contributed by atoms with Crippen LogP contribution < -0.4 is 15.4 Å². The van der Waals surface area contributed by atoms with Gasteiger partial charge in [-0.3, -0.25) is 4.99 Å². The van der Waals surface area contributed by atoms with Crippen LogP contribution in [0.3, 0.4) is 0 Å². The maximum atomic E-state index is 14.3. The van der Waals surface area contributed by atoms with Gasteiger partial charge in [0.05, 0.1) is 24.3 Å². The maximum absolute atomic E-state index is 14.3. The van der Waals surface area contributed by atoms with Gasteiger partial charge in [0, 0.05) is 13.6 Å². The fourth-order valence-electron chi connectivity index (χ4n) is 2.82. The molecule has 28 heavy (non-hydrogen) atoms. The van der Waals surface area contributed by atoms with Crippen LogP contribution >= 0.6 is 0 Å². The van der Waals surface area contributed by atoms with Crippen LogP contribution in [0, 0.1) is 23.1 Å². The Labute approximate surface area is 165 Å². The Morgan fingerprint density at radius 3 is 2.82 bits per heavy atom. The van der Waals surface area contributed by atoms with Crippen LogP contribution in [-0.4, -0.2) is 19.6 Å². The minimum Gasteiger partial charge on any atom is -0.490 e. The molecule has 2 N–H and O–H groups in total. The lowest BCUT2D eigenvalue weighted by atomic mass is 10.1. The molecule has 1 atom stereocenters. The van der Waals surface area contributed by atoms with Crippen molar-refractivity contribution in [2.45, 2.75) is 32.4 Å². The van der Waals surface area contributed by atoms with Gasteiger partial charge < -0.3 is 15.4 Å². The predicted octanol–water partition coefficient (Wildman–Crippen LogP) is 3.91. The predicted molar refractivity (Wildman–Crippen MR) is 108 cm³/mol. The SMILES string of the molecule is CN=C(NCc1cccc(C#N)c1)NC(C)c1ccc(OCC2CC2)c(F)c1. The third-order valence-electron chi connectivity index (χ3n) is 4.72. The highest BCUT2D eigenvalue weighted by atomic mass is 19.1. The molecule has 1 fully saturated rings. The van der Waals surface area contributed by atoms with Crippen molar-refractivity contribution in [3.8, 4) is 11.8 Å². The van der Waals surface area contributed by atoms with Crippen molar-refractivity contribution in [2.24, 2.45) is 10.9 Å². The van der Waals surface area contributed by atoms with E-state index in [9.17, 15) is 4.39 Å². The van der Waals surface area contributed by atoms with Gasteiger partial charge in [0.25, 0.3) is 0 Å². The van der Waals surface area contributed by atoms with Crippen molar-refractivity contribution in [3.63, 3.8) is 0 Å². The minimum absolute atomic E-state index is 0.136. The standard InChI is InChI=1S/C22H25FN4O/c1-15(19-8-9-21(20(23)11-19)28-14-16-6-7-16)27-22(25-2)26-13-18-5-3-4-17(10-18)12-24/h3-5,8-11,15-16H,6-7,13-14H2,1-2H3,(H2,25,26,27). The number of hydrogen-bond donors (Lipinski definition) is 2. The first-order valence-corrected chi connectivity index (χ1v) is 9.47. The van der Waals surface area contributed by atoms with Gasteiger partial charge in [0.1, 0.15) is 0 Å². The number of nitrogens with one attached hydrogen (secondary N) is 2. The van der Waals surface area contributed by atoms with Gasteiger partial charge in [-0.05, 0) is 61.1 Å². The molecule has 1 saturated carbocycles. The van der Waals surface area contributed by atoms with Crippen molar-refractivity contribution in [1.29, 1.82) is 5.26 Å². The second kappa shape index (κ2) is 9.23. The van der Waals surface area contributed by atoms with E-state index in [4.69, 9.17) is 10.00 Å². The Morgan fingerprint density at radius 1 is 1.32 bits per heavy atom. The molecule has 0 saturated heterocycles. The highest BCUT2D eigenvalue weighted by molar-refractivity contribution is 5.80. The average Bonchev–Trinajstić information content (AvgIpc) is 3.54. The lowest BCUT2D eigenvalue weighted by Gasteiger charge is -2.19. The van der Waals surface area contributed by atoms with E-state index in [0.29, 0.717) is 36.3 Å². The van der Waals surface area contributed by atoms with Gasteiger partial charge in [-0.15, -0.1) is 0 Å². The molecule has 0 aromatic heterocycles. The van der Waals surface area contributed by atoms with E-state index in [0.717, 1.165) is 11.1 Å². The fraction of sp³-hybridized carbons (Fsp3) is 0.364. The lowest BCUT2D eigenvalue weighted by molar-refractivity contribution is 0.285. The molecule has 0 amide bonds. The molecule has 5 nitrogen and oxygen atoms in total. The normalized spacial score (nSPS) is 14.9. The summed E-state index contributed by atoms with van der Waals surface area (Å²) in [4.78, 5) is 4.22. The zero-order valence-electron chi connectivity index (χ0n) is 16.2. The summed E-state index contributed by atoms with van der Waals surface area (Å²) < 4.78 is 19.9. The second-order valence-electron chi connectivity index (χ2n) is 7.05. The summed E-state index contributed by atoms with van der Waals surface area (Å²) in [5.41, 5.74) is 2.42. The monoisotopic (exact) mass is 380 g/mol. The zero-order chi connectivity index (χ0) is 19.9. The van der Waals surface area contributed by atoms with E-state index in [1.807, 2.05) is 31.2 Å². The maximum Gasteiger partial charge on any atom is 0.191 e. The largest absolute Gasteiger partial charge is 0.490 e. The molecule has 6 heteroatoms. The first-order valence-electron chi connectivity index (χ1n) is 9.47. The molecule has 1 unspecified atom stereocenters. The van der Waals surface area contributed by atoms with Crippen molar-refractivity contribution >= 4 is 5.96 Å². The van der Waals surface area contributed by atoms with Crippen LogP contribution in [0.4, 0.5) is 4.39 Å². The Hall–Kier alpha value is -3.07. The number of guanidine groups is 1. The number of nitriles is 1. The number of nitrogens with zero attached hydrogens (tertiary/aromatic N) is 2. The Bertz CT molecular complexity index is 886. The van der Waals surface area contributed by atoms with Crippen LogP contribution in [0.15, 0.2) is 47.5 Å². The van der Waals surface area contributed by atoms with Crippen LogP contribution in [0.2, 0.25) is 0 Å². The summed E-state index contributed by atoms with van der Waals surface area (Å²) in [5, 5.41) is 15.5. The molecule has 0 aliphatic heterocycles. The summed E-state index contributed by atoms with van der Waals surface area (Å²) in [6.45, 7) is 3.07. The molecule has 146 valence electrons. The Morgan fingerprint density at radius 2 is 2.14 bits per heavy atom. The highest BCUT2D eigenvalue weighted by Crippen LogP contribution is 2.30. The first-order chi connectivity index (χ1) is 13.6. The van der Waals surface area contributed by atoms with Crippen molar-refractivity contribution < 1.29 is 9.13 Å². The molecule has 0 spiro atoms. The molecule has 3 rings (SSSR count). The summed E-state index contributed by atoms with van der Waals surface area (Å²) in [5.74, 6) is 1.15. The van der Waals surface area contributed by atoms with E-state index < -0.39 is 0 Å². The number of rotatable bonds is 7. The molecule has 2 aromatic carbocycles. The van der Waals surface area contributed by atoms with E-state index in [1.54, 1.807) is 19.2 Å². The van der Waals surface area contributed by atoms with Crippen molar-refractivity contribution in [1.82, 2.24) is 10.6 Å². The average molecular weight is 380 g/mol. The van der Waals surface area contributed by atoms with Crippen LogP contribution in [0.5, 0.6) is 5.75 Å². The molecule has 1 aliphatic carbocycles. The van der Waals surface area contributed by atoms with Gasteiger partial charge in [-0.1, -0.05) is 18.2 Å². The Kier molecular flexibility index (Phi) is 6.49. The van der Waals surface area contributed by atoms with Gasteiger partial charge >= 0.3 is 0 Å². The zero-order valence-corrected chi connectivity index (χ0v) is 16.2. The van der Waals surface area contributed by atoms with E-state index in [1.165, 1.54) is 18.9 Å². The molecule has 1 aliphatic rings. The van der Waals surface area contributed by atoms with Gasteiger partial charge in [-0.25, -0.2) is 4.39 Å². The second-order valence-corrected chi connectivity index (χ2v) is 7.05. The summed E-state index contributed by atoms with van der Waals surface area (Å²) in [6, 6.07) is 14.5. The van der Waals surface area contributed by atoms with Crippen molar-refractivity contribution in [3.05, 3.63) is 65.0 Å². The van der Waals surface area contributed by atoms with E-state index >= 15 is 0 Å². The summed E-state index contributed by atoms with van der Waals surface area (Å²) in [7, 11) is 1.68. The summed E-state index contributed by atoms with van der Waals surface area (Å²) >= 11 is 0. The highest BCUT2D eigenvalue weighted by Gasteiger charge is 2.22. The number of benzene rings is 2. The van der Waals surface area contributed by atoms with Crippen molar-refractivity contribution in [2.75, 3.05) is 13.7 Å². The lowest BCUT2D eigenvalue weighted by Crippen LogP contribution is -2.38. The van der Waals surface area contributed by atoms with Crippen LogP contribution in [0.1, 0.15) is 42.5 Å². The topological polar surface area (TPSA) is 69.4 Å².